The van der Waals surface area contributed by atoms with Gasteiger partial charge in [-0.2, -0.15) is 0 Å². The Kier molecular flexibility index (Phi) is 9.93. The number of rotatable bonds is 12. The molecule has 0 saturated carbocycles. The van der Waals surface area contributed by atoms with E-state index in [0.717, 1.165) is 6.08 Å². The molecule has 1 amide bonds. The second kappa shape index (κ2) is 12.9. The Labute approximate surface area is 186 Å². The molecule has 2 aromatic carbocycles. The van der Waals surface area contributed by atoms with E-state index in [2.05, 4.69) is 5.32 Å². The first kappa shape index (κ1) is 24.6. The van der Waals surface area contributed by atoms with Crippen molar-refractivity contribution in [3.63, 3.8) is 0 Å². The van der Waals surface area contributed by atoms with Crippen molar-refractivity contribution in [2.24, 2.45) is 0 Å². The molecular formula is C24H27NO7. The number of carboxylic acid groups (broad SMARTS) is 1. The number of Topliss-reactive ketones (excluding diaryl/α,β-unsaturated/α-hetero) is 1. The molecule has 0 bridgehead atoms. The van der Waals surface area contributed by atoms with E-state index in [4.69, 9.17) is 19.7 Å². The van der Waals surface area contributed by atoms with E-state index in [0.29, 0.717) is 41.8 Å². The number of carbonyl (C=O) groups is 3. The molecule has 0 unspecified atom stereocenters. The van der Waals surface area contributed by atoms with E-state index in [9.17, 15) is 14.4 Å². The molecule has 1 atom stereocenters. The van der Waals surface area contributed by atoms with Crippen LogP contribution < -0.4 is 10.1 Å². The summed E-state index contributed by atoms with van der Waals surface area (Å²) in [4.78, 5) is 34.5. The molecular weight excluding hydrogens is 414 g/mol. The number of benzene rings is 2. The maximum Gasteiger partial charge on any atom is 0.412 e. The maximum absolute atomic E-state index is 12.5. The monoisotopic (exact) mass is 441 g/mol. The average molecular weight is 441 g/mol. The lowest BCUT2D eigenvalue weighted by Gasteiger charge is -2.19. The predicted molar refractivity (Wildman–Crippen MR) is 119 cm³/mol. The van der Waals surface area contributed by atoms with Crippen LogP contribution in [0, 0.1) is 0 Å². The summed E-state index contributed by atoms with van der Waals surface area (Å²) in [6.45, 7) is 1.49. The molecule has 8 nitrogen and oxygen atoms in total. The van der Waals surface area contributed by atoms with Crippen LogP contribution in [0.5, 0.6) is 5.75 Å². The number of ketones is 1. The van der Waals surface area contributed by atoms with Gasteiger partial charge in [-0.05, 0) is 68.1 Å². The molecule has 8 heteroatoms. The molecule has 3 N–H and O–H groups in total. The second-order valence-electron chi connectivity index (χ2n) is 6.97. The molecule has 0 spiro atoms. The van der Waals surface area contributed by atoms with E-state index >= 15 is 0 Å². The van der Waals surface area contributed by atoms with Crippen molar-refractivity contribution in [1.82, 2.24) is 0 Å². The summed E-state index contributed by atoms with van der Waals surface area (Å²) < 4.78 is 11.1. The maximum atomic E-state index is 12.5. The normalized spacial score (nSPS) is 11.7. The number of unbranched alkanes of at least 4 members (excludes halogenated alkanes) is 1. The highest BCUT2D eigenvalue weighted by Crippen LogP contribution is 2.27. The first-order chi connectivity index (χ1) is 15.4. The number of aliphatic carboxylic acids is 1. The number of ether oxygens (including phenoxy) is 2. The molecule has 0 aliphatic carbocycles. The highest BCUT2D eigenvalue weighted by atomic mass is 16.6. The third-order valence-corrected chi connectivity index (χ3v) is 4.47. The van der Waals surface area contributed by atoms with Crippen molar-refractivity contribution >= 4 is 23.5 Å². The molecule has 0 radical (unpaired) electrons. The topological polar surface area (TPSA) is 122 Å². The summed E-state index contributed by atoms with van der Waals surface area (Å²) in [5.74, 6) is -0.544. The molecule has 2 aromatic rings. The average Bonchev–Trinajstić information content (AvgIpc) is 2.77. The van der Waals surface area contributed by atoms with Gasteiger partial charge in [0, 0.05) is 17.3 Å². The quantitative estimate of drug-likeness (QED) is 0.254. The van der Waals surface area contributed by atoms with Crippen LogP contribution in [-0.2, 0) is 9.53 Å². The van der Waals surface area contributed by atoms with Gasteiger partial charge in [-0.25, -0.2) is 9.59 Å². The lowest BCUT2D eigenvalue weighted by atomic mass is 10.0. The minimum absolute atomic E-state index is 0.0700. The van der Waals surface area contributed by atoms with Gasteiger partial charge in [-0.15, -0.1) is 0 Å². The zero-order valence-electron chi connectivity index (χ0n) is 17.8. The molecule has 0 fully saturated rings. The van der Waals surface area contributed by atoms with Gasteiger partial charge in [0.2, 0.25) is 0 Å². The number of aliphatic hydroxyl groups is 1. The summed E-state index contributed by atoms with van der Waals surface area (Å²) in [5.41, 5.74) is 1.74. The summed E-state index contributed by atoms with van der Waals surface area (Å²) in [6, 6.07) is 13.5. The number of amides is 1. The van der Waals surface area contributed by atoms with Crippen LogP contribution in [0.2, 0.25) is 0 Å². The molecule has 32 heavy (non-hydrogen) atoms. The summed E-state index contributed by atoms with van der Waals surface area (Å²) in [5, 5.41) is 20.3. The van der Waals surface area contributed by atoms with Crippen LogP contribution in [0.15, 0.2) is 60.7 Å². The third kappa shape index (κ3) is 8.61. The first-order valence-electron chi connectivity index (χ1n) is 10.2. The van der Waals surface area contributed by atoms with Crippen LogP contribution in [0.1, 0.15) is 48.2 Å². The summed E-state index contributed by atoms with van der Waals surface area (Å²) >= 11 is 0. The zero-order chi connectivity index (χ0) is 23.3. The summed E-state index contributed by atoms with van der Waals surface area (Å²) in [6.07, 6.45) is 2.95. The molecule has 0 saturated heterocycles. The van der Waals surface area contributed by atoms with Gasteiger partial charge in [-0.1, -0.05) is 18.2 Å². The number of aliphatic hydroxyl groups excluding tert-OH is 1. The minimum atomic E-state index is -1.01. The summed E-state index contributed by atoms with van der Waals surface area (Å²) in [7, 11) is 0. The smallest absolute Gasteiger partial charge is 0.412 e. The molecule has 0 aromatic heterocycles. The van der Waals surface area contributed by atoms with Crippen LogP contribution in [0.25, 0.3) is 0 Å². The fourth-order valence-corrected chi connectivity index (χ4v) is 2.93. The van der Waals surface area contributed by atoms with Gasteiger partial charge in [0.15, 0.2) is 5.78 Å². The van der Waals surface area contributed by atoms with Crippen LogP contribution >= 0.6 is 0 Å². The zero-order valence-corrected chi connectivity index (χ0v) is 17.8. The number of hydrogen-bond acceptors (Lipinski definition) is 6. The lowest BCUT2D eigenvalue weighted by Crippen LogP contribution is -2.18. The number of anilines is 1. The van der Waals surface area contributed by atoms with E-state index in [-0.39, 0.29) is 19.0 Å². The number of allylic oxidation sites excluding steroid dienone is 1. The van der Waals surface area contributed by atoms with Crippen molar-refractivity contribution in [3.05, 3.63) is 71.8 Å². The minimum Gasteiger partial charge on any atom is -0.491 e. The van der Waals surface area contributed by atoms with E-state index < -0.39 is 18.2 Å². The largest absolute Gasteiger partial charge is 0.491 e. The highest BCUT2D eigenvalue weighted by Gasteiger charge is 2.18. The highest BCUT2D eigenvalue weighted by molar-refractivity contribution is 5.95. The fraction of sp³-hybridized carbons (Fsp3) is 0.292. The molecule has 2 rings (SSSR count). The Balaban J connectivity index is 2.08. The van der Waals surface area contributed by atoms with Crippen LogP contribution in [-0.4, -0.2) is 41.3 Å². The lowest BCUT2D eigenvalue weighted by molar-refractivity contribution is -0.131. The Morgan fingerprint density at radius 2 is 1.88 bits per heavy atom. The number of carbonyl (C=O) groups excluding carboxylic acids is 2. The number of carboxylic acids is 1. The molecule has 0 heterocycles. The predicted octanol–water partition coefficient (Wildman–Crippen LogP) is 4.36. The van der Waals surface area contributed by atoms with Gasteiger partial charge < -0.3 is 19.7 Å². The van der Waals surface area contributed by atoms with Crippen molar-refractivity contribution in [1.29, 1.82) is 0 Å². The Morgan fingerprint density at radius 3 is 2.53 bits per heavy atom. The molecule has 0 aliphatic rings. The van der Waals surface area contributed by atoms with Gasteiger partial charge >= 0.3 is 12.1 Å². The van der Waals surface area contributed by atoms with Crippen molar-refractivity contribution in [3.8, 4) is 5.75 Å². The van der Waals surface area contributed by atoms with Crippen molar-refractivity contribution < 1.29 is 34.1 Å². The SMILES string of the molecule is CC(=O)c1ccc(NC(=O)O[C@H](CCC/C=C/C(=O)O)c2cccc(OCCO)c2)cc1. The molecule has 170 valence electrons. The van der Waals surface area contributed by atoms with Crippen molar-refractivity contribution in [2.45, 2.75) is 32.3 Å². The van der Waals surface area contributed by atoms with Gasteiger partial charge in [0.05, 0.1) is 6.61 Å². The van der Waals surface area contributed by atoms with Gasteiger partial charge in [0.25, 0.3) is 0 Å². The van der Waals surface area contributed by atoms with E-state index in [1.807, 2.05) is 0 Å². The van der Waals surface area contributed by atoms with Gasteiger partial charge in [-0.3, -0.25) is 10.1 Å². The Hall–Kier alpha value is -3.65. The van der Waals surface area contributed by atoms with Crippen molar-refractivity contribution in [2.75, 3.05) is 18.5 Å². The van der Waals surface area contributed by atoms with Gasteiger partial charge in [0.1, 0.15) is 18.5 Å². The Bertz CT molecular complexity index is 938. The van der Waals surface area contributed by atoms with E-state index in [1.165, 1.54) is 6.92 Å². The molecule has 0 aliphatic heterocycles. The Morgan fingerprint density at radius 1 is 1.12 bits per heavy atom. The first-order valence-corrected chi connectivity index (χ1v) is 10.2. The third-order valence-electron chi connectivity index (χ3n) is 4.47. The fourth-order valence-electron chi connectivity index (χ4n) is 2.93. The second-order valence-corrected chi connectivity index (χ2v) is 6.97. The number of hydrogen-bond donors (Lipinski definition) is 3. The van der Waals surface area contributed by atoms with E-state index in [1.54, 1.807) is 54.6 Å². The number of nitrogens with one attached hydrogen (secondary N) is 1. The standard InChI is InChI=1S/C24H27NO7/c1-17(27)18-10-12-20(13-11-18)25-24(30)32-22(8-3-2-4-9-23(28)29)19-6-5-7-21(16-19)31-15-14-26/h4-7,9-13,16,22,26H,2-3,8,14-15H2,1H3,(H,25,30)(H,28,29)/b9-4+/t22-/m1/s1. The van der Waals surface area contributed by atoms with Crippen LogP contribution in [0.4, 0.5) is 10.5 Å². The van der Waals surface area contributed by atoms with Crippen LogP contribution in [0.3, 0.4) is 0 Å².